The number of carboxylic acid groups (broad SMARTS) is 1. The summed E-state index contributed by atoms with van der Waals surface area (Å²) in [5.74, 6) is -0.643. The van der Waals surface area contributed by atoms with Crippen LogP contribution in [-0.2, 0) is 4.79 Å². The lowest BCUT2D eigenvalue weighted by Gasteiger charge is -2.19. The molecule has 0 amide bonds. The van der Waals surface area contributed by atoms with Crippen LogP contribution in [0.15, 0.2) is 28.7 Å². The summed E-state index contributed by atoms with van der Waals surface area (Å²) < 4.78 is 5.53. The third-order valence-corrected chi connectivity index (χ3v) is 4.26. The van der Waals surface area contributed by atoms with Crippen LogP contribution < -0.4 is 0 Å². The molecule has 1 aromatic carbocycles. The normalized spacial score (nSPS) is 18.9. The number of ketones is 1. The molecule has 1 saturated heterocycles. The molecule has 5 nitrogen and oxygen atoms in total. The number of hydrogen-bond donors (Lipinski definition) is 1. The van der Waals surface area contributed by atoms with Crippen LogP contribution in [0.2, 0.25) is 5.02 Å². The van der Waals surface area contributed by atoms with E-state index in [1.807, 2.05) is 4.90 Å². The summed E-state index contributed by atoms with van der Waals surface area (Å²) in [6.07, 6.45) is 1.75. The fourth-order valence-electron chi connectivity index (χ4n) is 2.89. The van der Waals surface area contributed by atoms with Crippen molar-refractivity contribution >= 4 is 34.3 Å². The number of aliphatic carboxylic acids is 1. The van der Waals surface area contributed by atoms with Gasteiger partial charge in [-0.15, -0.1) is 0 Å². The second-order valence-corrected chi connectivity index (χ2v) is 5.93. The molecule has 0 spiro atoms. The first kappa shape index (κ1) is 15.1. The number of furan rings is 1. The van der Waals surface area contributed by atoms with E-state index >= 15 is 0 Å². The van der Waals surface area contributed by atoms with Gasteiger partial charge in [-0.1, -0.05) is 11.6 Å². The molecule has 0 saturated carbocycles. The molecule has 0 bridgehead atoms. The first-order valence-electron chi connectivity index (χ1n) is 7.24. The summed E-state index contributed by atoms with van der Waals surface area (Å²) in [6.45, 7) is 1.16. The Balaban J connectivity index is 1.67. The molecule has 1 unspecified atom stereocenters. The van der Waals surface area contributed by atoms with Crippen LogP contribution in [0.1, 0.15) is 29.8 Å². The first-order chi connectivity index (χ1) is 10.5. The molecular formula is C16H16ClNO4. The highest BCUT2D eigenvalue weighted by Gasteiger charge is 2.30. The molecule has 1 atom stereocenters. The van der Waals surface area contributed by atoms with Crippen LogP contribution in [0.5, 0.6) is 0 Å². The topological polar surface area (TPSA) is 70.8 Å². The summed E-state index contributed by atoms with van der Waals surface area (Å²) in [6, 6.07) is 6.40. The second-order valence-electron chi connectivity index (χ2n) is 5.50. The van der Waals surface area contributed by atoms with Gasteiger partial charge in [0, 0.05) is 23.4 Å². The molecule has 1 fully saturated rings. The quantitative estimate of drug-likeness (QED) is 0.856. The molecule has 1 aromatic heterocycles. The monoisotopic (exact) mass is 321 g/mol. The lowest BCUT2D eigenvalue weighted by Crippen LogP contribution is -2.37. The van der Waals surface area contributed by atoms with Gasteiger partial charge >= 0.3 is 5.97 Å². The number of carbonyl (C=O) groups is 2. The highest BCUT2D eigenvalue weighted by atomic mass is 35.5. The van der Waals surface area contributed by atoms with Crippen LogP contribution in [0.4, 0.5) is 0 Å². The highest BCUT2D eigenvalue weighted by Crippen LogP contribution is 2.24. The smallest absolute Gasteiger partial charge is 0.320 e. The maximum Gasteiger partial charge on any atom is 0.320 e. The third kappa shape index (κ3) is 3.00. The zero-order chi connectivity index (χ0) is 15.7. The van der Waals surface area contributed by atoms with Gasteiger partial charge in [-0.05, 0) is 43.7 Å². The summed E-state index contributed by atoms with van der Waals surface area (Å²) in [5, 5.41) is 10.5. The maximum absolute atomic E-state index is 12.2. The van der Waals surface area contributed by atoms with Crippen molar-refractivity contribution in [3.05, 3.63) is 35.0 Å². The van der Waals surface area contributed by atoms with Gasteiger partial charge in [0.05, 0.1) is 0 Å². The van der Waals surface area contributed by atoms with E-state index in [4.69, 9.17) is 21.1 Å². The largest absolute Gasteiger partial charge is 0.480 e. The van der Waals surface area contributed by atoms with E-state index < -0.39 is 12.0 Å². The van der Waals surface area contributed by atoms with E-state index in [1.165, 1.54) is 0 Å². The molecule has 2 heterocycles. The Morgan fingerprint density at radius 3 is 2.95 bits per heavy atom. The van der Waals surface area contributed by atoms with Crippen molar-refractivity contribution in [3.8, 4) is 0 Å². The van der Waals surface area contributed by atoms with Crippen LogP contribution >= 0.6 is 11.6 Å². The Morgan fingerprint density at radius 2 is 2.18 bits per heavy atom. The fraction of sp³-hybridized carbons (Fsp3) is 0.375. The SMILES string of the molecule is O=C(CCN1CCCC1C(=O)O)c1cc2cc(Cl)ccc2o1. The summed E-state index contributed by atoms with van der Waals surface area (Å²) in [7, 11) is 0. The first-order valence-corrected chi connectivity index (χ1v) is 7.61. The zero-order valence-corrected chi connectivity index (χ0v) is 12.7. The zero-order valence-electron chi connectivity index (χ0n) is 11.9. The number of hydrogen-bond acceptors (Lipinski definition) is 4. The maximum atomic E-state index is 12.2. The van der Waals surface area contributed by atoms with Gasteiger partial charge < -0.3 is 9.52 Å². The minimum atomic E-state index is -0.816. The molecule has 22 heavy (non-hydrogen) atoms. The number of Topliss-reactive ketones (excluding diaryl/α,β-unsaturated/α-hetero) is 1. The van der Waals surface area contributed by atoms with E-state index in [2.05, 4.69) is 0 Å². The number of benzene rings is 1. The molecule has 1 aliphatic rings. The molecule has 6 heteroatoms. The number of fused-ring (bicyclic) bond motifs is 1. The fourth-order valence-corrected chi connectivity index (χ4v) is 3.07. The summed E-state index contributed by atoms with van der Waals surface area (Å²) in [5.41, 5.74) is 0.623. The van der Waals surface area contributed by atoms with Crippen molar-refractivity contribution in [2.24, 2.45) is 0 Å². The predicted molar refractivity (Wildman–Crippen MR) is 82.4 cm³/mol. The standard InChI is InChI=1S/C16H16ClNO4/c17-11-3-4-14-10(8-11)9-15(22-14)13(19)5-7-18-6-1-2-12(18)16(20)21/h3-4,8-9,12H,1-2,5-7H2,(H,20,21). The molecule has 2 aromatic rings. The molecule has 3 rings (SSSR count). The van der Waals surface area contributed by atoms with E-state index in [1.54, 1.807) is 24.3 Å². The Hall–Kier alpha value is -1.85. The van der Waals surface area contributed by atoms with Gasteiger partial charge in [0.2, 0.25) is 0 Å². The Bertz CT molecular complexity index is 724. The van der Waals surface area contributed by atoms with E-state index in [9.17, 15) is 9.59 Å². The summed E-state index contributed by atoms with van der Waals surface area (Å²) in [4.78, 5) is 25.2. The highest BCUT2D eigenvalue weighted by molar-refractivity contribution is 6.31. The number of carboxylic acids is 1. The van der Waals surface area contributed by atoms with E-state index in [0.29, 0.717) is 29.3 Å². The van der Waals surface area contributed by atoms with Crippen molar-refractivity contribution in [1.29, 1.82) is 0 Å². The summed E-state index contributed by atoms with van der Waals surface area (Å²) >= 11 is 5.91. The van der Waals surface area contributed by atoms with Crippen molar-refractivity contribution < 1.29 is 19.1 Å². The van der Waals surface area contributed by atoms with Crippen LogP contribution in [0.3, 0.4) is 0 Å². The third-order valence-electron chi connectivity index (χ3n) is 4.03. The molecule has 116 valence electrons. The van der Waals surface area contributed by atoms with Gasteiger partial charge in [0.25, 0.3) is 0 Å². The molecule has 0 aliphatic carbocycles. The van der Waals surface area contributed by atoms with Crippen LogP contribution in [0.25, 0.3) is 11.0 Å². The molecule has 1 aliphatic heterocycles. The Labute approximate surface area is 132 Å². The molecular weight excluding hydrogens is 306 g/mol. The van der Waals surface area contributed by atoms with Crippen molar-refractivity contribution in [2.45, 2.75) is 25.3 Å². The Kier molecular flexibility index (Phi) is 4.18. The molecule has 0 radical (unpaired) electrons. The second kappa shape index (κ2) is 6.10. The van der Waals surface area contributed by atoms with Gasteiger partial charge in [-0.3, -0.25) is 14.5 Å². The number of nitrogens with zero attached hydrogens (tertiary/aromatic N) is 1. The lowest BCUT2D eigenvalue weighted by molar-refractivity contribution is -0.142. The van der Waals surface area contributed by atoms with Crippen molar-refractivity contribution in [1.82, 2.24) is 4.90 Å². The van der Waals surface area contributed by atoms with Crippen LogP contribution in [0, 0.1) is 0 Å². The van der Waals surface area contributed by atoms with Crippen molar-refractivity contribution in [2.75, 3.05) is 13.1 Å². The average molecular weight is 322 g/mol. The van der Waals surface area contributed by atoms with Crippen LogP contribution in [-0.4, -0.2) is 40.9 Å². The van der Waals surface area contributed by atoms with Gasteiger partial charge in [-0.2, -0.15) is 0 Å². The van der Waals surface area contributed by atoms with Gasteiger partial charge in [-0.25, -0.2) is 0 Å². The van der Waals surface area contributed by atoms with Gasteiger partial charge in [0.15, 0.2) is 11.5 Å². The van der Waals surface area contributed by atoms with E-state index in [0.717, 1.165) is 18.4 Å². The van der Waals surface area contributed by atoms with Crippen molar-refractivity contribution in [3.63, 3.8) is 0 Å². The van der Waals surface area contributed by atoms with Gasteiger partial charge in [0.1, 0.15) is 11.6 Å². The number of likely N-dealkylation sites (tertiary alicyclic amines) is 1. The lowest BCUT2D eigenvalue weighted by atomic mass is 10.2. The number of rotatable bonds is 5. The molecule has 1 N–H and O–H groups in total. The number of carbonyl (C=O) groups excluding carboxylic acids is 1. The predicted octanol–water partition coefficient (Wildman–Crippen LogP) is 3.21. The minimum absolute atomic E-state index is 0.122. The average Bonchev–Trinajstić information content (AvgIpc) is 3.10. The minimum Gasteiger partial charge on any atom is -0.480 e. The number of halogens is 1. The van der Waals surface area contributed by atoms with E-state index in [-0.39, 0.29) is 12.2 Å². The Morgan fingerprint density at radius 1 is 1.36 bits per heavy atom.